The molecule has 2 aromatic heterocycles. The predicted octanol–water partition coefficient (Wildman–Crippen LogP) is 2.82. The van der Waals surface area contributed by atoms with Gasteiger partial charge < -0.3 is 5.11 Å². The molecule has 2 heterocycles. The maximum absolute atomic E-state index is 9.20. The van der Waals surface area contributed by atoms with Crippen LogP contribution >= 0.6 is 35.0 Å². The Bertz CT molecular complexity index is 521. The van der Waals surface area contributed by atoms with E-state index in [-0.39, 0.29) is 11.8 Å². The van der Waals surface area contributed by atoms with Crippen LogP contribution in [0, 0.1) is 0 Å². The van der Waals surface area contributed by atoms with Crippen molar-refractivity contribution in [2.75, 3.05) is 0 Å². The first-order chi connectivity index (χ1) is 8.20. The second-order valence-electron chi connectivity index (χ2n) is 3.02. The van der Waals surface area contributed by atoms with Gasteiger partial charge in [-0.05, 0) is 23.9 Å². The monoisotopic (exact) mass is 287 g/mol. The Morgan fingerprint density at radius 3 is 2.65 bits per heavy atom. The number of rotatable bonds is 3. The summed E-state index contributed by atoms with van der Waals surface area (Å²) in [6.45, 7) is -0.213. The number of pyridine rings is 1. The molecule has 4 nitrogen and oxygen atoms in total. The molecule has 0 unspecified atom stereocenters. The maximum Gasteiger partial charge on any atom is 0.139 e. The molecule has 2 rings (SSSR count). The zero-order valence-electron chi connectivity index (χ0n) is 8.47. The third-order valence-corrected chi connectivity index (χ3v) is 3.46. The van der Waals surface area contributed by atoms with Crippen molar-refractivity contribution in [1.82, 2.24) is 15.0 Å². The fraction of sp³-hybridized carbons (Fsp3) is 0.100. The van der Waals surface area contributed by atoms with Crippen molar-refractivity contribution in [2.45, 2.75) is 16.7 Å². The molecule has 0 amide bonds. The molecular formula is C10H7Cl2N3OS. The molecule has 0 atom stereocenters. The Kier molecular flexibility index (Phi) is 4.17. The molecule has 0 aliphatic heterocycles. The Morgan fingerprint density at radius 1 is 1.18 bits per heavy atom. The maximum atomic E-state index is 9.20. The van der Waals surface area contributed by atoms with Crippen LogP contribution in [0.5, 0.6) is 0 Å². The van der Waals surface area contributed by atoms with E-state index in [1.54, 1.807) is 18.3 Å². The van der Waals surface area contributed by atoms with Gasteiger partial charge in [0, 0.05) is 11.8 Å². The van der Waals surface area contributed by atoms with E-state index < -0.39 is 0 Å². The molecule has 0 fully saturated rings. The molecular weight excluding hydrogens is 281 g/mol. The fourth-order valence-corrected chi connectivity index (χ4v) is 2.30. The highest BCUT2D eigenvalue weighted by molar-refractivity contribution is 7.99. The zero-order chi connectivity index (χ0) is 12.3. The van der Waals surface area contributed by atoms with Crippen molar-refractivity contribution >= 4 is 35.0 Å². The summed E-state index contributed by atoms with van der Waals surface area (Å²) < 4.78 is 0. The summed E-state index contributed by atoms with van der Waals surface area (Å²) in [6.07, 6.45) is 2.89. The third-order valence-electron chi connectivity index (χ3n) is 1.91. The lowest BCUT2D eigenvalue weighted by Crippen LogP contribution is -1.95. The highest BCUT2D eigenvalue weighted by Crippen LogP contribution is 2.30. The minimum absolute atomic E-state index is 0.213. The lowest BCUT2D eigenvalue weighted by atomic mass is 10.4. The molecule has 0 aromatic carbocycles. The van der Waals surface area contributed by atoms with Gasteiger partial charge in [-0.3, -0.25) is 0 Å². The molecule has 0 saturated carbocycles. The van der Waals surface area contributed by atoms with Crippen molar-refractivity contribution in [2.24, 2.45) is 0 Å². The number of aromatic nitrogens is 3. The number of nitrogens with zero attached hydrogens (tertiary/aromatic N) is 3. The summed E-state index contributed by atoms with van der Waals surface area (Å²) >= 11 is 12.9. The molecule has 0 aliphatic carbocycles. The van der Waals surface area contributed by atoms with Crippen LogP contribution in [0.15, 0.2) is 34.7 Å². The first-order valence-corrected chi connectivity index (χ1v) is 6.17. The highest BCUT2D eigenvalue weighted by atomic mass is 35.5. The van der Waals surface area contributed by atoms with Gasteiger partial charge in [0.2, 0.25) is 0 Å². The summed E-state index contributed by atoms with van der Waals surface area (Å²) in [5.41, 5.74) is 0.496. The summed E-state index contributed by atoms with van der Waals surface area (Å²) in [5, 5.41) is 11.3. The minimum Gasteiger partial charge on any atom is -0.391 e. The first kappa shape index (κ1) is 12.6. The number of halogens is 2. The van der Waals surface area contributed by atoms with E-state index in [2.05, 4.69) is 15.0 Å². The van der Waals surface area contributed by atoms with Gasteiger partial charge in [-0.15, -0.1) is 0 Å². The number of hydrogen-bond acceptors (Lipinski definition) is 5. The van der Waals surface area contributed by atoms with E-state index in [4.69, 9.17) is 23.2 Å². The van der Waals surface area contributed by atoms with E-state index in [0.717, 1.165) is 5.03 Å². The fourth-order valence-electron chi connectivity index (χ4n) is 1.12. The quantitative estimate of drug-likeness (QED) is 0.880. The molecule has 88 valence electrons. The lowest BCUT2D eigenvalue weighted by Gasteiger charge is -2.05. The Balaban J connectivity index is 2.29. The Hall–Kier alpha value is -0.880. The van der Waals surface area contributed by atoms with Crippen LogP contribution < -0.4 is 0 Å². The summed E-state index contributed by atoms with van der Waals surface area (Å²) in [7, 11) is 0. The van der Waals surface area contributed by atoms with E-state index in [9.17, 15) is 5.11 Å². The lowest BCUT2D eigenvalue weighted by molar-refractivity contribution is 0.277. The van der Waals surface area contributed by atoms with Gasteiger partial charge in [0.05, 0.1) is 11.6 Å². The third kappa shape index (κ3) is 3.07. The normalized spacial score (nSPS) is 10.5. The second-order valence-corrected chi connectivity index (χ2v) is 4.83. The van der Waals surface area contributed by atoms with E-state index in [0.29, 0.717) is 15.6 Å². The van der Waals surface area contributed by atoms with Crippen molar-refractivity contribution in [3.8, 4) is 0 Å². The van der Waals surface area contributed by atoms with Gasteiger partial charge in [-0.25, -0.2) is 15.0 Å². The molecule has 17 heavy (non-hydrogen) atoms. The van der Waals surface area contributed by atoms with Gasteiger partial charge >= 0.3 is 0 Å². The molecule has 1 N–H and O–H groups in total. The van der Waals surface area contributed by atoms with Gasteiger partial charge in [-0.2, -0.15) is 0 Å². The molecule has 0 saturated heterocycles. The van der Waals surface area contributed by atoms with Crippen molar-refractivity contribution in [1.29, 1.82) is 0 Å². The predicted molar refractivity (Wildman–Crippen MR) is 66.3 cm³/mol. The van der Waals surface area contributed by atoms with Crippen LogP contribution in [0.1, 0.15) is 5.56 Å². The van der Waals surface area contributed by atoms with Crippen LogP contribution in [-0.2, 0) is 6.61 Å². The minimum atomic E-state index is -0.213. The Labute approximate surface area is 112 Å². The number of aliphatic hydroxyl groups excluding tert-OH is 1. The SMILES string of the molecule is OCc1c(Cl)ncnc1Sc1ccc(Cl)cn1. The molecule has 2 aromatic rings. The van der Waals surface area contributed by atoms with E-state index in [1.807, 2.05) is 0 Å². The van der Waals surface area contributed by atoms with Crippen molar-refractivity contribution < 1.29 is 5.11 Å². The second kappa shape index (κ2) is 5.64. The smallest absolute Gasteiger partial charge is 0.139 e. The van der Waals surface area contributed by atoms with Crippen LogP contribution in [0.25, 0.3) is 0 Å². The molecule has 0 spiro atoms. The molecule has 0 bridgehead atoms. The van der Waals surface area contributed by atoms with Crippen LogP contribution in [-0.4, -0.2) is 20.1 Å². The highest BCUT2D eigenvalue weighted by Gasteiger charge is 2.10. The van der Waals surface area contributed by atoms with E-state index in [1.165, 1.54) is 18.1 Å². The first-order valence-electron chi connectivity index (χ1n) is 4.60. The van der Waals surface area contributed by atoms with Crippen molar-refractivity contribution in [3.63, 3.8) is 0 Å². The summed E-state index contributed by atoms with van der Waals surface area (Å²) in [5.74, 6) is 0. The number of hydrogen-bond donors (Lipinski definition) is 1. The standard InChI is InChI=1S/C10H7Cl2N3OS/c11-6-1-2-8(13-3-6)17-10-7(4-16)9(12)14-5-15-10/h1-3,5,16H,4H2. The molecule has 0 aliphatic rings. The van der Waals surface area contributed by atoms with Gasteiger partial charge in [0.25, 0.3) is 0 Å². The summed E-state index contributed by atoms with van der Waals surface area (Å²) in [4.78, 5) is 12.0. The largest absolute Gasteiger partial charge is 0.391 e. The summed E-state index contributed by atoms with van der Waals surface area (Å²) in [6, 6.07) is 3.50. The topological polar surface area (TPSA) is 58.9 Å². The van der Waals surface area contributed by atoms with Gasteiger partial charge in [-0.1, -0.05) is 23.2 Å². The average Bonchev–Trinajstić information content (AvgIpc) is 2.32. The van der Waals surface area contributed by atoms with Gasteiger partial charge in [0.1, 0.15) is 21.5 Å². The van der Waals surface area contributed by atoms with Crippen LogP contribution in [0.3, 0.4) is 0 Å². The Morgan fingerprint density at radius 2 is 2.00 bits per heavy atom. The number of aliphatic hydroxyl groups is 1. The van der Waals surface area contributed by atoms with Crippen LogP contribution in [0.4, 0.5) is 0 Å². The van der Waals surface area contributed by atoms with Crippen molar-refractivity contribution in [3.05, 3.63) is 40.4 Å². The van der Waals surface area contributed by atoms with E-state index >= 15 is 0 Å². The molecule has 7 heteroatoms. The van der Waals surface area contributed by atoms with Gasteiger partial charge in [0.15, 0.2) is 0 Å². The van der Waals surface area contributed by atoms with Crippen LogP contribution in [0.2, 0.25) is 10.2 Å². The molecule has 0 radical (unpaired) electrons. The average molecular weight is 288 g/mol. The zero-order valence-corrected chi connectivity index (χ0v) is 10.8.